The van der Waals surface area contributed by atoms with Gasteiger partial charge in [-0.1, -0.05) is 48.0 Å². The third-order valence-corrected chi connectivity index (χ3v) is 4.12. The molecule has 1 atom stereocenters. The highest BCUT2D eigenvalue weighted by Gasteiger charge is 2.26. The highest BCUT2D eigenvalue weighted by atomic mass is 35.5. The van der Waals surface area contributed by atoms with Crippen LogP contribution in [0.15, 0.2) is 42.5 Å². The van der Waals surface area contributed by atoms with Crippen molar-refractivity contribution in [3.63, 3.8) is 0 Å². The predicted octanol–water partition coefficient (Wildman–Crippen LogP) is 3.48. The summed E-state index contributed by atoms with van der Waals surface area (Å²) < 4.78 is 13.9. The van der Waals surface area contributed by atoms with Gasteiger partial charge in [0.2, 0.25) is 0 Å². The fourth-order valence-electron chi connectivity index (χ4n) is 2.77. The Balaban J connectivity index is 1.85. The first-order chi connectivity index (χ1) is 10.2. The van der Waals surface area contributed by atoms with Crippen molar-refractivity contribution in [2.75, 3.05) is 6.54 Å². The largest absolute Gasteiger partial charge is 0.303 e. The van der Waals surface area contributed by atoms with Crippen LogP contribution in [0.5, 0.6) is 0 Å². The van der Waals surface area contributed by atoms with E-state index in [4.69, 9.17) is 11.6 Å². The maximum Gasteiger partial charge on any atom is 0.158 e. The average Bonchev–Trinajstić information content (AvgIpc) is 2.51. The smallest absolute Gasteiger partial charge is 0.158 e. The van der Waals surface area contributed by atoms with Crippen molar-refractivity contribution >= 4 is 17.4 Å². The highest BCUT2D eigenvalue weighted by Crippen LogP contribution is 2.26. The van der Waals surface area contributed by atoms with Crippen molar-refractivity contribution in [3.05, 3.63) is 70.0 Å². The lowest BCUT2D eigenvalue weighted by atomic mass is 9.90. The summed E-state index contributed by atoms with van der Waals surface area (Å²) in [6, 6.07) is 12.3. The van der Waals surface area contributed by atoms with Gasteiger partial charge in [-0.3, -0.25) is 4.79 Å². The van der Waals surface area contributed by atoms with Crippen molar-refractivity contribution < 1.29 is 9.18 Å². The minimum atomic E-state index is -0.503. The molecule has 21 heavy (non-hydrogen) atoms. The summed E-state index contributed by atoms with van der Waals surface area (Å²) >= 11 is 5.76. The maximum absolute atomic E-state index is 13.9. The fourth-order valence-corrected chi connectivity index (χ4v) is 2.96. The standard InChI is InChI=1S/C17H15ClFNO/c18-14-7-3-5-12(16(14)19)10-15(21)17-13-6-2-1-4-11(13)8-9-20-17/h1-7,17,20H,8-10H2. The molecular formula is C17H15ClFNO. The highest BCUT2D eigenvalue weighted by molar-refractivity contribution is 6.30. The number of Topliss-reactive ketones (excluding diaryl/α,β-unsaturated/α-hetero) is 1. The Hall–Kier alpha value is -1.71. The number of nitrogens with one attached hydrogen (secondary N) is 1. The zero-order chi connectivity index (χ0) is 14.8. The molecule has 0 radical (unpaired) electrons. The van der Waals surface area contributed by atoms with Crippen LogP contribution < -0.4 is 5.32 Å². The molecule has 4 heteroatoms. The fraction of sp³-hybridized carbons (Fsp3) is 0.235. The number of carbonyl (C=O) groups excluding carboxylic acids is 1. The summed E-state index contributed by atoms with van der Waals surface area (Å²) in [5.74, 6) is -0.542. The van der Waals surface area contributed by atoms with Gasteiger partial charge in [0.05, 0.1) is 11.1 Å². The molecule has 1 unspecified atom stereocenters. The summed E-state index contributed by atoms with van der Waals surface area (Å²) in [7, 11) is 0. The molecule has 0 saturated carbocycles. The van der Waals surface area contributed by atoms with E-state index in [9.17, 15) is 9.18 Å². The van der Waals surface area contributed by atoms with E-state index in [-0.39, 0.29) is 23.3 Å². The lowest BCUT2D eigenvalue weighted by Crippen LogP contribution is -2.36. The summed E-state index contributed by atoms with van der Waals surface area (Å²) in [5.41, 5.74) is 2.52. The van der Waals surface area contributed by atoms with Gasteiger partial charge >= 0.3 is 0 Å². The van der Waals surface area contributed by atoms with E-state index < -0.39 is 5.82 Å². The molecule has 108 valence electrons. The van der Waals surface area contributed by atoms with Crippen LogP contribution in [-0.4, -0.2) is 12.3 Å². The Morgan fingerprint density at radius 1 is 1.24 bits per heavy atom. The molecule has 0 bridgehead atoms. The van der Waals surface area contributed by atoms with Gasteiger partial charge in [-0.05, 0) is 29.2 Å². The zero-order valence-electron chi connectivity index (χ0n) is 11.4. The molecule has 1 aliphatic heterocycles. The van der Waals surface area contributed by atoms with Gasteiger partial charge in [0.15, 0.2) is 5.78 Å². The van der Waals surface area contributed by atoms with E-state index >= 15 is 0 Å². The van der Waals surface area contributed by atoms with Crippen molar-refractivity contribution in [1.82, 2.24) is 5.32 Å². The van der Waals surface area contributed by atoms with Gasteiger partial charge < -0.3 is 5.32 Å². The first-order valence-electron chi connectivity index (χ1n) is 6.93. The number of benzene rings is 2. The number of carbonyl (C=O) groups is 1. The molecule has 0 fully saturated rings. The van der Waals surface area contributed by atoms with Gasteiger partial charge in [0.25, 0.3) is 0 Å². The van der Waals surface area contributed by atoms with Crippen molar-refractivity contribution in [1.29, 1.82) is 0 Å². The second-order valence-corrected chi connectivity index (χ2v) is 5.60. The predicted molar refractivity (Wildman–Crippen MR) is 81.0 cm³/mol. The Kier molecular flexibility index (Phi) is 4.04. The van der Waals surface area contributed by atoms with Gasteiger partial charge in [-0.15, -0.1) is 0 Å². The number of hydrogen-bond acceptors (Lipinski definition) is 2. The Morgan fingerprint density at radius 2 is 2.05 bits per heavy atom. The van der Waals surface area contributed by atoms with E-state index in [1.54, 1.807) is 12.1 Å². The molecule has 2 aromatic carbocycles. The maximum atomic E-state index is 13.9. The molecule has 1 N–H and O–H groups in total. The van der Waals surface area contributed by atoms with Crippen LogP contribution >= 0.6 is 11.6 Å². The number of rotatable bonds is 3. The summed E-state index contributed by atoms with van der Waals surface area (Å²) in [6.45, 7) is 0.755. The quantitative estimate of drug-likeness (QED) is 0.940. The van der Waals surface area contributed by atoms with Gasteiger partial charge in [-0.2, -0.15) is 0 Å². The molecule has 1 heterocycles. The molecule has 0 aromatic heterocycles. The molecule has 2 aromatic rings. The molecule has 0 amide bonds. The minimum Gasteiger partial charge on any atom is -0.303 e. The van der Waals surface area contributed by atoms with E-state index in [1.807, 2.05) is 24.3 Å². The first kappa shape index (κ1) is 14.2. The molecule has 1 aliphatic rings. The molecule has 0 saturated heterocycles. The van der Waals surface area contributed by atoms with Crippen LogP contribution in [0.25, 0.3) is 0 Å². The van der Waals surface area contributed by atoms with Gasteiger partial charge in [0, 0.05) is 13.0 Å². The lowest BCUT2D eigenvalue weighted by molar-refractivity contribution is -0.120. The van der Waals surface area contributed by atoms with Crippen LogP contribution in [0.2, 0.25) is 5.02 Å². The normalized spacial score (nSPS) is 17.3. The topological polar surface area (TPSA) is 29.1 Å². The van der Waals surface area contributed by atoms with Crippen molar-refractivity contribution in [2.45, 2.75) is 18.9 Å². The molecule has 0 aliphatic carbocycles. The molecular weight excluding hydrogens is 289 g/mol. The second kappa shape index (κ2) is 5.96. The number of halogens is 2. The monoisotopic (exact) mass is 303 g/mol. The Labute approximate surface area is 127 Å². The molecule has 3 rings (SSSR count). The Morgan fingerprint density at radius 3 is 2.90 bits per heavy atom. The first-order valence-corrected chi connectivity index (χ1v) is 7.31. The van der Waals surface area contributed by atoms with Gasteiger partial charge in [0.1, 0.15) is 5.82 Å². The second-order valence-electron chi connectivity index (χ2n) is 5.19. The lowest BCUT2D eigenvalue weighted by Gasteiger charge is -2.26. The zero-order valence-corrected chi connectivity index (χ0v) is 12.2. The van der Waals surface area contributed by atoms with Crippen molar-refractivity contribution in [3.8, 4) is 0 Å². The molecule has 2 nitrogen and oxygen atoms in total. The summed E-state index contributed by atoms with van der Waals surface area (Å²) in [4.78, 5) is 12.5. The van der Waals surface area contributed by atoms with Crippen LogP contribution in [0.4, 0.5) is 4.39 Å². The van der Waals surface area contributed by atoms with Crippen molar-refractivity contribution in [2.24, 2.45) is 0 Å². The molecule has 0 spiro atoms. The number of fused-ring (bicyclic) bond motifs is 1. The van der Waals surface area contributed by atoms with Gasteiger partial charge in [-0.25, -0.2) is 4.39 Å². The number of hydrogen-bond donors (Lipinski definition) is 1. The van der Waals surface area contributed by atoms with E-state index in [1.165, 1.54) is 11.6 Å². The Bertz CT molecular complexity index is 686. The number of ketones is 1. The summed E-state index contributed by atoms with van der Waals surface area (Å²) in [5, 5.41) is 3.28. The van der Waals surface area contributed by atoms with Crippen LogP contribution in [0.3, 0.4) is 0 Å². The summed E-state index contributed by atoms with van der Waals surface area (Å²) in [6.07, 6.45) is 0.948. The minimum absolute atomic E-state index is 0.0386. The van der Waals surface area contributed by atoms with E-state index in [0.717, 1.165) is 18.5 Å². The van der Waals surface area contributed by atoms with Crippen LogP contribution in [-0.2, 0) is 17.6 Å². The third-order valence-electron chi connectivity index (χ3n) is 3.83. The third kappa shape index (κ3) is 2.85. The van der Waals surface area contributed by atoms with Crippen LogP contribution in [0.1, 0.15) is 22.7 Å². The van der Waals surface area contributed by atoms with E-state index in [0.29, 0.717) is 5.56 Å². The SMILES string of the molecule is O=C(Cc1cccc(Cl)c1F)C1NCCc2ccccc21. The van der Waals surface area contributed by atoms with E-state index in [2.05, 4.69) is 5.32 Å². The average molecular weight is 304 g/mol. The van der Waals surface area contributed by atoms with Crippen LogP contribution in [0, 0.1) is 5.82 Å².